The number of aryl methyl sites for hydroxylation is 1. The molecule has 0 aliphatic carbocycles. The molecule has 0 unspecified atom stereocenters. The van der Waals surface area contributed by atoms with Crippen molar-refractivity contribution in [3.05, 3.63) is 35.9 Å². The molecule has 0 saturated heterocycles. The van der Waals surface area contributed by atoms with Gasteiger partial charge in [0.15, 0.2) is 0 Å². The summed E-state index contributed by atoms with van der Waals surface area (Å²) >= 11 is 5.66. The lowest BCUT2D eigenvalue weighted by atomic mass is 10.1. The molecule has 0 bridgehead atoms. The molecule has 0 aliphatic rings. The Labute approximate surface area is 109 Å². The van der Waals surface area contributed by atoms with Gasteiger partial charge in [-0.2, -0.15) is 0 Å². The van der Waals surface area contributed by atoms with E-state index in [1.807, 2.05) is 30.0 Å². The highest BCUT2D eigenvalue weighted by atomic mass is 35.5. The topological polar surface area (TPSA) is 20.3 Å². The molecule has 0 aromatic heterocycles. The molecule has 2 nitrogen and oxygen atoms in total. The van der Waals surface area contributed by atoms with E-state index < -0.39 is 0 Å². The lowest BCUT2D eigenvalue weighted by Gasteiger charge is -2.19. The summed E-state index contributed by atoms with van der Waals surface area (Å²) in [6.45, 7) is 3.39. The highest BCUT2D eigenvalue weighted by molar-refractivity contribution is 6.18. The minimum Gasteiger partial charge on any atom is -0.342 e. The zero-order valence-corrected chi connectivity index (χ0v) is 11.1. The normalized spacial score (nSPS) is 10.2. The van der Waals surface area contributed by atoms with Crippen molar-refractivity contribution in [3.8, 4) is 0 Å². The van der Waals surface area contributed by atoms with Gasteiger partial charge in [0.25, 0.3) is 0 Å². The van der Waals surface area contributed by atoms with E-state index >= 15 is 0 Å². The fraction of sp³-hybridized carbons (Fsp3) is 0.500. The van der Waals surface area contributed by atoms with Gasteiger partial charge in [-0.3, -0.25) is 4.79 Å². The number of halogens is 1. The van der Waals surface area contributed by atoms with Gasteiger partial charge < -0.3 is 4.90 Å². The van der Waals surface area contributed by atoms with E-state index in [-0.39, 0.29) is 5.91 Å². The monoisotopic (exact) mass is 253 g/mol. The van der Waals surface area contributed by atoms with Crippen molar-refractivity contribution in [2.75, 3.05) is 19.0 Å². The molecular formula is C14H20ClNO. The second-order valence-corrected chi connectivity index (χ2v) is 4.38. The number of alkyl halides is 1. The van der Waals surface area contributed by atoms with Crippen LogP contribution in [0.1, 0.15) is 25.3 Å². The van der Waals surface area contributed by atoms with Crippen molar-refractivity contribution < 1.29 is 4.79 Å². The molecule has 1 aromatic carbocycles. The first-order valence-electron chi connectivity index (χ1n) is 6.15. The summed E-state index contributed by atoms with van der Waals surface area (Å²) < 4.78 is 0. The predicted molar refractivity (Wildman–Crippen MR) is 72.4 cm³/mol. The Balaban J connectivity index is 2.28. The van der Waals surface area contributed by atoms with Crippen molar-refractivity contribution in [3.63, 3.8) is 0 Å². The van der Waals surface area contributed by atoms with E-state index in [1.165, 1.54) is 5.56 Å². The van der Waals surface area contributed by atoms with Crippen molar-refractivity contribution in [2.45, 2.75) is 26.2 Å². The quantitative estimate of drug-likeness (QED) is 0.684. The van der Waals surface area contributed by atoms with Crippen LogP contribution >= 0.6 is 11.6 Å². The number of benzene rings is 1. The minimum atomic E-state index is 0.212. The number of hydrogen-bond acceptors (Lipinski definition) is 1. The van der Waals surface area contributed by atoms with Crippen LogP contribution in [0, 0.1) is 0 Å². The van der Waals surface area contributed by atoms with Crippen molar-refractivity contribution >= 4 is 17.5 Å². The number of hydrogen-bond donors (Lipinski definition) is 0. The average Bonchev–Trinajstić information content (AvgIpc) is 2.37. The first-order valence-corrected chi connectivity index (χ1v) is 6.69. The number of amides is 1. The molecule has 1 rings (SSSR count). The van der Waals surface area contributed by atoms with E-state index in [0.29, 0.717) is 18.8 Å². The van der Waals surface area contributed by atoms with Crippen LogP contribution in [0.5, 0.6) is 0 Å². The molecule has 0 spiro atoms. The fourth-order valence-electron chi connectivity index (χ4n) is 1.81. The van der Waals surface area contributed by atoms with E-state index in [2.05, 4.69) is 12.1 Å². The molecule has 0 saturated carbocycles. The van der Waals surface area contributed by atoms with Gasteiger partial charge in [0, 0.05) is 25.4 Å². The summed E-state index contributed by atoms with van der Waals surface area (Å²) in [5, 5.41) is 0. The molecule has 0 aliphatic heterocycles. The van der Waals surface area contributed by atoms with Gasteiger partial charge >= 0.3 is 0 Å². The summed E-state index contributed by atoms with van der Waals surface area (Å²) in [6.07, 6.45) is 2.48. The van der Waals surface area contributed by atoms with E-state index in [1.54, 1.807) is 0 Å². The maximum absolute atomic E-state index is 11.8. The highest BCUT2D eigenvalue weighted by Gasteiger charge is 2.09. The molecule has 0 atom stereocenters. The SMILES string of the molecule is CCN(CCCl)C(=O)CCCc1ccccc1. The third-order valence-electron chi connectivity index (χ3n) is 2.79. The third-order valence-corrected chi connectivity index (χ3v) is 2.96. The van der Waals surface area contributed by atoms with Crippen LogP contribution in [-0.2, 0) is 11.2 Å². The zero-order valence-electron chi connectivity index (χ0n) is 10.4. The zero-order chi connectivity index (χ0) is 12.5. The first kappa shape index (κ1) is 14.0. The Bertz CT molecular complexity index is 326. The number of carbonyl (C=O) groups excluding carboxylic acids is 1. The van der Waals surface area contributed by atoms with Crippen LogP contribution in [0.15, 0.2) is 30.3 Å². The van der Waals surface area contributed by atoms with Crippen LogP contribution in [-0.4, -0.2) is 29.8 Å². The van der Waals surface area contributed by atoms with Gasteiger partial charge in [-0.25, -0.2) is 0 Å². The maximum atomic E-state index is 11.8. The van der Waals surface area contributed by atoms with Crippen LogP contribution in [0.2, 0.25) is 0 Å². The molecule has 0 radical (unpaired) electrons. The largest absolute Gasteiger partial charge is 0.342 e. The molecule has 0 heterocycles. The van der Waals surface area contributed by atoms with Crippen LogP contribution in [0.4, 0.5) is 0 Å². The van der Waals surface area contributed by atoms with Gasteiger partial charge in [-0.05, 0) is 25.3 Å². The molecule has 3 heteroatoms. The third kappa shape index (κ3) is 5.22. The predicted octanol–water partition coefficient (Wildman–Crippen LogP) is 3.10. The molecule has 1 aromatic rings. The molecule has 1 amide bonds. The smallest absolute Gasteiger partial charge is 0.222 e. The van der Waals surface area contributed by atoms with Gasteiger partial charge in [-0.15, -0.1) is 11.6 Å². The second-order valence-electron chi connectivity index (χ2n) is 4.00. The maximum Gasteiger partial charge on any atom is 0.222 e. The fourth-order valence-corrected chi connectivity index (χ4v) is 2.01. The Hall–Kier alpha value is -1.02. The Morgan fingerprint density at radius 1 is 1.29 bits per heavy atom. The number of carbonyl (C=O) groups is 1. The van der Waals surface area contributed by atoms with Crippen LogP contribution < -0.4 is 0 Å². The number of nitrogens with zero attached hydrogens (tertiary/aromatic N) is 1. The lowest BCUT2D eigenvalue weighted by Crippen LogP contribution is -2.32. The molecule has 17 heavy (non-hydrogen) atoms. The van der Waals surface area contributed by atoms with Crippen molar-refractivity contribution in [1.82, 2.24) is 4.90 Å². The Morgan fingerprint density at radius 3 is 2.59 bits per heavy atom. The summed E-state index contributed by atoms with van der Waals surface area (Å²) in [4.78, 5) is 13.6. The van der Waals surface area contributed by atoms with Gasteiger partial charge in [0.1, 0.15) is 0 Å². The minimum absolute atomic E-state index is 0.212. The average molecular weight is 254 g/mol. The Morgan fingerprint density at radius 2 is 2.00 bits per heavy atom. The van der Waals surface area contributed by atoms with E-state index in [4.69, 9.17) is 11.6 Å². The molecule has 0 fully saturated rings. The summed E-state index contributed by atoms with van der Waals surface area (Å²) in [7, 11) is 0. The lowest BCUT2D eigenvalue weighted by molar-refractivity contribution is -0.130. The van der Waals surface area contributed by atoms with Crippen LogP contribution in [0.3, 0.4) is 0 Å². The molecule has 0 N–H and O–H groups in total. The summed E-state index contributed by atoms with van der Waals surface area (Å²) in [5.41, 5.74) is 1.29. The number of rotatable bonds is 7. The van der Waals surface area contributed by atoms with E-state index in [0.717, 1.165) is 19.4 Å². The van der Waals surface area contributed by atoms with Crippen molar-refractivity contribution in [1.29, 1.82) is 0 Å². The first-order chi connectivity index (χ1) is 8.27. The summed E-state index contributed by atoms with van der Waals surface area (Å²) in [6, 6.07) is 10.3. The van der Waals surface area contributed by atoms with Gasteiger partial charge in [0.05, 0.1) is 0 Å². The highest BCUT2D eigenvalue weighted by Crippen LogP contribution is 2.06. The second kappa shape index (κ2) is 8.13. The van der Waals surface area contributed by atoms with Gasteiger partial charge in [-0.1, -0.05) is 30.3 Å². The van der Waals surface area contributed by atoms with Gasteiger partial charge in [0.2, 0.25) is 5.91 Å². The molecular weight excluding hydrogens is 234 g/mol. The van der Waals surface area contributed by atoms with Crippen molar-refractivity contribution in [2.24, 2.45) is 0 Å². The standard InChI is InChI=1S/C14H20ClNO/c1-2-16(12-11-15)14(17)10-6-9-13-7-4-3-5-8-13/h3-5,7-8H,2,6,9-12H2,1H3. The summed E-state index contributed by atoms with van der Waals surface area (Å²) in [5.74, 6) is 0.724. The van der Waals surface area contributed by atoms with Crippen LogP contribution in [0.25, 0.3) is 0 Å². The van der Waals surface area contributed by atoms with E-state index in [9.17, 15) is 4.79 Å². The Kier molecular flexibility index (Phi) is 6.71. The molecule has 94 valence electrons.